The van der Waals surface area contributed by atoms with Gasteiger partial charge in [-0.05, 0) is 41.4 Å². The topological polar surface area (TPSA) is 12.0 Å². The fourth-order valence-electron chi connectivity index (χ4n) is 1.81. The summed E-state index contributed by atoms with van der Waals surface area (Å²) in [6, 6.07) is 11.6. The van der Waals surface area contributed by atoms with Crippen LogP contribution in [0.15, 0.2) is 36.4 Å². The lowest BCUT2D eigenvalue weighted by Crippen LogP contribution is -2.11. The minimum atomic E-state index is 0.548. The Bertz CT molecular complexity index is 582. The highest BCUT2D eigenvalue weighted by Gasteiger charge is 2.05. The standard InChI is InChI=1S/C15H14Cl3N/c1-2-19-9-12-4-3-10(7-14(12)17)11-5-6-13(16)15(18)8-11/h3-8,19H,2,9H2,1H3. The molecule has 1 nitrogen and oxygen atoms in total. The third kappa shape index (κ3) is 3.64. The first-order valence-electron chi connectivity index (χ1n) is 6.06. The van der Waals surface area contributed by atoms with Crippen LogP contribution in [0.2, 0.25) is 15.1 Å². The van der Waals surface area contributed by atoms with Gasteiger partial charge in [0.05, 0.1) is 10.0 Å². The zero-order valence-corrected chi connectivity index (χ0v) is 12.8. The average Bonchev–Trinajstić information content (AvgIpc) is 2.40. The highest BCUT2D eigenvalue weighted by atomic mass is 35.5. The van der Waals surface area contributed by atoms with E-state index < -0.39 is 0 Å². The number of benzene rings is 2. The van der Waals surface area contributed by atoms with Gasteiger partial charge in [-0.15, -0.1) is 0 Å². The Kier molecular flexibility index (Phi) is 5.12. The van der Waals surface area contributed by atoms with Crippen molar-refractivity contribution >= 4 is 34.8 Å². The molecule has 0 bridgehead atoms. The predicted molar refractivity (Wildman–Crippen MR) is 84.3 cm³/mol. The van der Waals surface area contributed by atoms with Crippen LogP contribution in [0.25, 0.3) is 11.1 Å². The van der Waals surface area contributed by atoms with E-state index in [0.29, 0.717) is 10.0 Å². The molecule has 2 rings (SSSR count). The van der Waals surface area contributed by atoms with E-state index in [4.69, 9.17) is 34.8 Å². The fraction of sp³-hybridized carbons (Fsp3) is 0.200. The van der Waals surface area contributed by atoms with Crippen molar-refractivity contribution in [2.24, 2.45) is 0 Å². The van der Waals surface area contributed by atoms with Crippen molar-refractivity contribution in [3.8, 4) is 11.1 Å². The summed E-state index contributed by atoms with van der Waals surface area (Å²) in [6.07, 6.45) is 0. The second-order valence-electron chi connectivity index (χ2n) is 4.22. The van der Waals surface area contributed by atoms with Gasteiger partial charge in [0.25, 0.3) is 0 Å². The fourth-order valence-corrected chi connectivity index (χ4v) is 2.35. The lowest BCUT2D eigenvalue weighted by atomic mass is 10.0. The molecular weight excluding hydrogens is 301 g/mol. The predicted octanol–water partition coefficient (Wildman–Crippen LogP) is 5.42. The molecule has 0 fully saturated rings. The first-order valence-corrected chi connectivity index (χ1v) is 7.19. The van der Waals surface area contributed by atoms with Crippen molar-refractivity contribution in [1.82, 2.24) is 5.32 Å². The minimum Gasteiger partial charge on any atom is -0.313 e. The Labute approximate surface area is 128 Å². The maximum absolute atomic E-state index is 6.29. The summed E-state index contributed by atoms with van der Waals surface area (Å²) in [7, 11) is 0. The van der Waals surface area contributed by atoms with E-state index >= 15 is 0 Å². The average molecular weight is 315 g/mol. The van der Waals surface area contributed by atoms with Crippen LogP contribution in [-0.4, -0.2) is 6.54 Å². The van der Waals surface area contributed by atoms with E-state index in [-0.39, 0.29) is 0 Å². The van der Waals surface area contributed by atoms with E-state index in [0.717, 1.165) is 34.8 Å². The summed E-state index contributed by atoms with van der Waals surface area (Å²) in [5.41, 5.74) is 3.13. The van der Waals surface area contributed by atoms with Crippen LogP contribution in [-0.2, 0) is 6.54 Å². The number of nitrogens with one attached hydrogen (secondary N) is 1. The summed E-state index contributed by atoms with van der Waals surface area (Å²) < 4.78 is 0. The van der Waals surface area contributed by atoms with E-state index in [2.05, 4.69) is 12.2 Å². The normalized spacial score (nSPS) is 10.7. The SMILES string of the molecule is CCNCc1ccc(-c2ccc(Cl)c(Cl)c2)cc1Cl. The maximum Gasteiger partial charge on any atom is 0.0598 e. The molecule has 19 heavy (non-hydrogen) atoms. The van der Waals surface area contributed by atoms with Crippen LogP contribution in [0.4, 0.5) is 0 Å². The lowest BCUT2D eigenvalue weighted by molar-refractivity contribution is 0.727. The maximum atomic E-state index is 6.29. The number of rotatable bonds is 4. The van der Waals surface area contributed by atoms with Crippen LogP contribution in [0.1, 0.15) is 12.5 Å². The molecule has 0 aliphatic carbocycles. The van der Waals surface area contributed by atoms with Crippen LogP contribution in [0.3, 0.4) is 0 Å². The van der Waals surface area contributed by atoms with Crippen molar-refractivity contribution in [1.29, 1.82) is 0 Å². The zero-order chi connectivity index (χ0) is 13.8. The Morgan fingerprint density at radius 1 is 0.842 bits per heavy atom. The molecule has 0 aromatic heterocycles. The molecule has 0 unspecified atom stereocenters. The molecule has 0 atom stereocenters. The quantitative estimate of drug-likeness (QED) is 0.794. The van der Waals surface area contributed by atoms with E-state index in [1.165, 1.54) is 0 Å². The molecule has 0 heterocycles. The highest BCUT2D eigenvalue weighted by molar-refractivity contribution is 6.42. The first-order chi connectivity index (χ1) is 9.11. The number of halogens is 3. The third-order valence-electron chi connectivity index (χ3n) is 2.87. The highest BCUT2D eigenvalue weighted by Crippen LogP contribution is 2.30. The molecule has 2 aromatic rings. The van der Waals surface area contributed by atoms with Gasteiger partial charge in [-0.2, -0.15) is 0 Å². The third-order valence-corrected chi connectivity index (χ3v) is 3.96. The Balaban J connectivity index is 2.30. The lowest BCUT2D eigenvalue weighted by Gasteiger charge is -2.08. The Hall–Kier alpha value is -0.730. The van der Waals surface area contributed by atoms with Crippen molar-refractivity contribution in [3.63, 3.8) is 0 Å². The monoisotopic (exact) mass is 313 g/mol. The largest absolute Gasteiger partial charge is 0.313 e. The molecule has 0 aliphatic rings. The van der Waals surface area contributed by atoms with Gasteiger partial charge in [0.1, 0.15) is 0 Å². The van der Waals surface area contributed by atoms with E-state index in [9.17, 15) is 0 Å². The van der Waals surface area contributed by atoms with Gasteiger partial charge in [0.2, 0.25) is 0 Å². The van der Waals surface area contributed by atoms with Gasteiger partial charge < -0.3 is 5.32 Å². The first kappa shape index (κ1) is 14.7. The van der Waals surface area contributed by atoms with Gasteiger partial charge >= 0.3 is 0 Å². The minimum absolute atomic E-state index is 0.548. The van der Waals surface area contributed by atoms with Crippen LogP contribution >= 0.6 is 34.8 Å². The van der Waals surface area contributed by atoms with Crippen molar-refractivity contribution in [3.05, 3.63) is 57.0 Å². The molecule has 1 N–H and O–H groups in total. The van der Waals surface area contributed by atoms with E-state index in [1.807, 2.05) is 30.3 Å². The molecule has 0 amide bonds. The molecule has 0 spiro atoms. The molecule has 100 valence electrons. The molecule has 0 saturated heterocycles. The summed E-state index contributed by atoms with van der Waals surface area (Å²) >= 11 is 18.2. The van der Waals surface area contributed by atoms with Crippen molar-refractivity contribution in [2.45, 2.75) is 13.5 Å². The molecule has 4 heteroatoms. The van der Waals surface area contributed by atoms with Crippen LogP contribution in [0, 0.1) is 0 Å². The second kappa shape index (κ2) is 6.62. The Morgan fingerprint density at radius 2 is 1.47 bits per heavy atom. The van der Waals surface area contributed by atoms with Crippen molar-refractivity contribution < 1.29 is 0 Å². The van der Waals surface area contributed by atoms with Crippen molar-refractivity contribution in [2.75, 3.05) is 6.54 Å². The van der Waals surface area contributed by atoms with Crippen LogP contribution in [0.5, 0.6) is 0 Å². The molecule has 0 radical (unpaired) electrons. The number of hydrogen-bond acceptors (Lipinski definition) is 1. The number of hydrogen-bond donors (Lipinski definition) is 1. The van der Waals surface area contributed by atoms with Gasteiger partial charge in [-0.25, -0.2) is 0 Å². The summed E-state index contributed by atoms with van der Waals surface area (Å²) in [6.45, 7) is 3.76. The van der Waals surface area contributed by atoms with E-state index in [1.54, 1.807) is 6.07 Å². The second-order valence-corrected chi connectivity index (χ2v) is 5.44. The molecule has 0 saturated carbocycles. The zero-order valence-electron chi connectivity index (χ0n) is 10.5. The van der Waals surface area contributed by atoms with Gasteiger partial charge in [0, 0.05) is 11.6 Å². The summed E-state index contributed by atoms with van der Waals surface area (Å²) in [5, 5.41) is 5.12. The summed E-state index contributed by atoms with van der Waals surface area (Å²) in [4.78, 5) is 0. The molecule has 2 aromatic carbocycles. The summed E-state index contributed by atoms with van der Waals surface area (Å²) in [5.74, 6) is 0. The van der Waals surface area contributed by atoms with Gasteiger partial charge in [-0.3, -0.25) is 0 Å². The molecule has 0 aliphatic heterocycles. The molecular formula is C15H14Cl3N. The smallest absolute Gasteiger partial charge is 0.0598 e. The van der Waals surface area contributed by atoms with Gasteiger partial charge in [0.15, 0.2) is 0 Å². The van der Waals surface area contributed by atoms with Crippen LogP contribution < -0.4 is 5.32 Å². The van der Waals surface area contributed by atoms with Gasteiger partial charge in [-0.1, -0.05) is 59.9 Å². The Morgan fingerprint density at radius 3 is 2.05 bits per heavy atom.